The maximum Gasteiger partial charge on any atom is 0.374 e. The minimum atomic E-state index is -3.83. The van der Waals surface area contributed by atoms with E-state index in [-0.39, 0.29) is 17.5 Å². The molecule has 2 aromatic heterocycles. The van der Waals surface area contributed by atoms with E-state index in [1.165, 1.54) is 12.1 Å². The first-order valence-electron chi connectivity index (χ1n) is 6.88. The van der Waals surface area contributed by atoms with Crippen molar-refractivity contribution in [3.05, 3.63) is 48.0 Å². The highest BCUT2D eigenvalue weighted by atomic mass is 32.2. The summed E-state index contributed by atoms with van der Waals surface area (Å²) in [5.41, 5.74) is -0.0831. The maximum atomic E-state index is 12.1. The number of carbonyl (C=O) groups is 1. The van der Waals surface area contributed by atoms with E-state index in [9.17, 15) is 13.2 Å². The second kappa shape index (κ2) is 6.51. The summed E-state index contributed by atoms with van der Waals surface area (Å²) in [5.74, 6) is -0.942. The molecular formula is C15H18N2O5S. The number of furan rings is 1. The van der Waals surface area contributed by atoms with Crippen molar-refractivity contribution < 1.29 is 22.4 Å². The molecule has 0 saturated heterocycles. The molecule has 0 bridgehead atoms. The lowest BCUT2D eigenvalue weighted by Gasteiger charge is -2.18. The number of nitrogens with one attached hydrogen (secondary N) is 1. The number of ether oxygens (including phenoxy) is 1. The lowest BCUT2D eigenvalue weighted by atomic mass is 10.1. The van der Waals surface area contributed by atoms with Gasteiger partial charge in [0, 0.05) is 11.7 Å². The van der Waals surface area contributed by atoms with Crippen LogP contribution in [0.3, 0.4) is 0 Å². The van der Waals surface area contributed by atoms with Gasteiger partial charge < -0.3 is 9.15 Å². The second-order valence-corrected chi connectivity index (χ2v) is 7.48. The Kier molecular flexibility index (Phi) is 4.86. The van der Waals surface area contributed by atoms with E-state index < -0.39 is 21.5 Å². The van der Waals surface area contributed by atoms with Crippen molar-refractivity contribution in [3.63, 3.8) is 0 Å². The molecule has 0 fully saturated rings. The summed E-state index contributed by atoms with van der Waals surface area (Å²) in [4.78, 5) is 15.9. The summed E-state index contributed by atoms with van der Waals surface area (Å²) in [6.07, 6.45) is 1.58. The van der Waals surface area contributed by atoms with Gasteiger partial charge in [0.15, 0.2) is 0 Å². The molecule has 0 unspecified atom stereocenters. The number of hydrogen-bond acceptors (Lipinski definition) is 6. The van der Waals surface area contributed by atoms with Gasteiger partial charge in [-0.1, -0.05) is 6.07 Å². The summed E-state index contributed by atoms with van der Waals surface area (Å²) in [5, 5.41) is -0.336. The lowest BCUT2D eigenvalue weighted by Crippen LogP contribution is -2.40. The average molecular weight is 338 g/mol. The van der Waals surface area contributed by atoms with E-state index in [0.29, 0.717) is 5.69 Å². The third-order valence-corrected chi connectivity index (χ3v) is 4.20. The summed E-state index contributed by atoms with van der Waals surface area (Å²) >= 11 is 0. The minimum Gasteiger partial charge on any atom is -0.453 e. The fourth-order valence-electron chi connectivity index (χ4n) is 1.72. The first-order chi connectivity index (χ1) is 10.7. The van der Waals surface area contributed by atoms with Crippen LogP contribution in [0.15, 0.2) is 46.0 Å². The normalized spacial score (nSPS) is 12.1. The Labute approximate surface area is 134 Å². The molecule has 0 aliphatic rings. The van der Waals surface area contributed by atoms with Gasteiger partial charge in [-0.05, 0) is 45.0 Å². The first-order valence-corrected chi connectivity index (χ1v) is 8.36. The number of hydrogen-bond donors (Lipinski definition) is 1. The van der Waals surface area contributed by atoms with Crippen LogP contribution in [0, 0.1) is 0 Å². The molecule has 0 saturated carbocycles. The molecule has 0 atom stereocenters. The van der Waals surface area contributed by atoms with Crippen molar-refractivity contribution in [2.24, 2.45) is 0 Å². The summed E-state index contributed by atoms with van der Waals surface area (Å²) in [6, 6.07) is 7.70. The van der Waals surface area contributed by atoms with Crippen molar-refractivity contribution in [3.8, 4) is 0 Å². The number of carbonyl (C=O) groups excluding carboxylic acids is 1. The number of sulfonamides is 1. The molecular weight excluding hydrogens is 320 g/mol. The zero-order chi connectivity index (χ0) is 17.1. The number of pyridine rings is 1. The number of rotatable bonds is 5. The van der Waals surface area contributed by atoms with Gasteiger partial charge in [-0.15, -0.1) is 0 Å². The van der Waals surface area contributed by atoms with Crippen LogP contribution in [0.1, 0.15) is 37.0 Å². The van der Waals surface area contributed by atoms with Gasteiger partial charge in [0.1, 0.15) is 6.61 Å². The van der Waals surface area contributed by atoms with Crippen LogP contribution in [-0.4, -0.2) is 24.9 Å². The number of esters is 1. The van der Waals surface area contributed by atoms with Crippen LogP contribution in [0.5, 0.6) is 0 Å². The van der Waals surface area contributed by atoms with E-state index in [0.717, 1.165) is 0 Å². The molecule has 2 rings (SSSR count). The average Bonchev–Trinajstić information content (AvgIpc) is 2.94. The van der Waals surface area contributed by atoms with Gasteiger partial charge in [-0.25, -0.2) is 17.9 Å². The van der Waals surface area contributed by atoms with E-state index in [1.807, 2.05) is 0 Å². The predicted octanol–water partition coefficient (Wildman–Crippen LogP) is 2.11. The van der Waals surface area contributed by atoms with E-state index in [4.69, 9.17) is 9.15 Å². The Morgan fingerprint density at radius 1 is 1.26 bits per heavy atom. The van der Waals surface area contributed by atoms with Gasteiger partial charge in [0.2, 0.25) is 10.9 Å². The molecule has 124 valence electrons. The van der Waals surface area contributed by atoms with Crippen LogP contribution in [-0.2, 0) is 21.4 Å². The van der Waals surface area contributed by atoms with Gasteiger partial charge in [-0.2, -0.15) is 0 Å². The van der Waals surface area contributed by atoms with Crippen LogP contribution < -0.4 is 4.72 Å². The van der Waals surface area contributed by atoms with Crippen LogP contribution in [0.25, 0.3) is 0 Å². The van der Waals surface area contributed by atoms with Gasteiger partial charge in [0.25, 0.3) is 10.0 Å². The van der Waals surface area contributed by atoms with Crippen molar-refractivity contribution in [1.29, 1.82) is 0 Å². The third-order valence-electron chi connectivity index (χ3n) is 2.57. The summed E-state index contributed by atoms with van der Waals surface area (Å²) in [7, 11) is -3.83. The Morgan fingerprint density at radius 3 is 2.61 bits per heavy atom. The second-order valence-electron chi connectivity index (χ2n) is 5.87. The van der Waals surface area contributed by atoms with Gasteiger partial charge in [-0.3, -0.25) is 4.98 Å². The van der Waals surface area contributed by atoms with Gasteiger partial charge in [0.05, 0.1) is 5.69 Å². The maximum absolute atomic E-state index is 12.1. The summed E-state index contributed by atoms with van der Waals surface area (Å²) < 4.78 is 36.8. The SMILES string of the molecule is CC(C)(C)NS(=O)(=O)c1ccc(C(=O)OCc2ccccn2)o1. The highest BCUT2D eigenvalue weighted by Crippen LogP contribution is 2.17. The Hall–Kier alpha value is -2.19. The van der Waals surface area contributed by atoms with Crippen LogP contribution in [0.2, 0.25) is 0 Å². The topological polar surface area (TPSA) is 98.5 Å². The van der Waals surface area contributed by atoms with E-state index in [1.54, 1.807) is 45.2 Å². The molecule has 23 heavy (non-hydrogen) atoms. The number of aromatic nitrogens is 1. The van der Waals surface area contributed by atoms with Crippen molar-refractivity contribution >= 4 is 16.0 Å². The Balaban J connectivity index is 2.05. The molecule has 0 aliphatic carbocycles. The molecule has 0 aromatic carbocycles. The van der Waals surface area contributed by atoms with Gasteiger partial charge >= 0.3 is 5.97 Å². The molecule has 0 amide bonds. The van der Waals surface area contributed by atoms with Crippen molar-refractivity contribution in [2.45, 2.75) is 38.0 Å². The zero-order valence-corrected chi connectivity index (χ0v) is 13.9. The molecule has 1 N–H and O–H groups in total. The fourth-order valence-corrected chi connectivity index (χ4v) is 3.08. The highest BCUT2D eigenvalue weighted by Gasteiger charge is 2.26. The molecule has 8 heteroatoms. The zero-order valence-electron chi connectivity index (χ0n) is 13.1. The lowest BCUT2D eigenvalue weighted by molar-refractivity contribution is 0.0425. The van der Waals surface area contributed by atoms with Crippen LogP contribution >= 0.6 is 0 Å². The van der Waals surface area contributed by atoms with E-state index in [2.05, 4.69) is 9.71 Å². The third kappa shape index (κ3) is 4.90. The van der Waals surface area contributed by atoms with Crippen LogP contribution in [0.4, 0.5) is 0 Å². The molecule has 0 aliphatic heterocycles. The Bertz CT molecular complexity index is 776. The standard InChI is InChI=1S/C15H18N2O5S/c1-15(2,3)17-23(19,20)13-8-7-12(22-13)14(18)21-10-11-6-4-5-9-16-11/h4-9,17H,10H2,1-3H3. The molecule has 0 spiro atoms. The smallest absolute Gasteiger partial charge is 0.374 e. The first kappa shape index (κ1) is 17.2. The monoisotopic (exact) mass is 338 g/mol. The Morgan fingerprint density at radius 2 is 2.00 bits per heavy atom. The minimum absolute atomic E-state index is 0.0251. The molecule has 0 radical (unpaired) electrons. The highest BCUT2D eigenvalue weighted by molar-refractivity contribution is 7.89. The number of nitrogens with zero attached hydrogens (tertiary/aromatic N) is 1. The van der Waals surface area contributed by atoms with Crippen molar-refractivity contribution in [2.75, 3.05) is 0 Å². The molecule has 2 heterocycles. The van der Waals surface area contributed by atoms with Crippen molar-refractivity contribution in [1.82, 2.24) is 9.71 Å². The molecule has 7 nitrogen and oxygen atoms in total. The molecule has 2 aromatic rings. The van der Waals surface area contributed by atoms with E-state index >= 15 is 0 Å². The summed E-state index contributed by atoms with van der Waals surface area (Å²) in [6.45, 7) is 5.09. The fraction of sp³-hybridized carbons (Fsp3) is 0.333. The largest absolute Gasteiger partial charge is 0.453 e. The quantitative estimate of drug-likeness (QED) is 0.838. The predicted molar refractivity (Wildman–Crippen MR) is 82.1 cm³/mol.